The molecule has 1 amide bonds. The van der Waals surface area contributed by atoms with E-state index in [1.807, 2.05) is 4.90 Å². The van der Waals surface area contributed by atoms with Crippen molar-refractivity contribution in [3.8, 4) is 0 Å². The van der Waals surface area contributed by atoms with Crippen molar-refractivity contribution in [3.05, 3.63) is 40.4 Å². The molecule has 9 heteroatoms. The Morgan fingerprint density at radius 1 is 1.29 bits per heavy atom. The molecular formula is C19H24ClN3O4S. The molecule has 1 saturated heterocycles. The number of rotatable bonds is 5. The summed E-state index contributed by atoms with van der Waals surface area (Å²) in [5, 5.41) is 3.55. The van der Waals surface area contributed by atoms with Crippen molar-refractivity contribution in [2.75, 3.05) is 26.8 Å². The van der Waals surface area contributed by atoms with Crippen LogP contribution < -0.4 is 5.32 Å². The molecule has 0 bridgehead atoms. The number of halogens is 1. The number of carbonyl (C=O) groups excluding carboxylic acids is 1. The molecule has 1 fully saturated rings. The number of nitrogens with one attached hydrogen (secondary N) is 1. The van der Waals surface area contributed by atoms with Crippen molar-refractivity contribution in [1.29, 1.82) is 0 Å². The van der Waals surface area contributed by atoms with Gasteiger partial charge in [-0.3, -0.25) is 4.79 Å². The summed E-state index contributed by atoms with van der Waals surface area (Å²) in [6.45, 7) is 3.45. The van der Waals surface area contributed by atoms with Crippen LogP contribution in [-0.2, 0) is 19.6 Å². The van der Waals surface area contributed by atoms with E-state index < -0.39 is 10.0 Å². The monoisotopic (exact) mass is 425 g/mol. The molecule has 28 heavy (non-hydrogen) atoms. The zero-order valence-electron chi connectivity index (χ0n) is 15.9. The van der Waals surface area contributed by atoms with E-state index in [1.54, 1.807) is 38.3 Å². The van der Waals surface area contributed by atoms with Crippen LogP contribution in [0.25, 0.3) is 4.91 Å². The Hall–Kier alpha value is -1.90. The molecule has 0 saturated carbocycles. The fraction of sp³-hybridized carbons (Fsp3) is 0.474. The third kappa shape index (κ3) is 4.56. The maximum absolute atomic E-state index is 12.6. The first-order valence-electron chi connectivity index (χ1n) is 9.17. The highest BCUT2D eigenvalue weighted by molar-refractivity contribution is 8.00. The first kappa shape index (κ1) is 20.8. The second kappa shape index (κ2) is 8.63. The number of ether oxygens (including phenoxy) is 1. The third-order valence-corrected chi connectivity index (χ3v) is 6.66. The summed E-state index contributed by atoms with van der Waals surface area (Å²) < 4.78 is 34.2. The van der Waals surface area contributed by atoms with Gasteiger partial charge in [0.1, 0.15) is 10.7 Å². The zero-order chi connectivity index (χ0) is 20.3. The smallest absolute Gasteiger partial charge is 0.285 e. The van der Waals surface area contributed by atoms with Crippen molar-refractivity contribution in [1.82, 2.24) is 10.2 Å². The van der Waals surface area contributed by atoms with Gasteiger partial charge in [-0.2, -0.15) is 8.42 Å². The number of benzene rings is 1. The summed E-state index contributed by atoms with van der Waals surface area (Å²) >= 11 is 5.91. The maximum Gasteiger partial charge on any atom is 0.285 e. The minimum Gasteiger partial charge on any atom is -0.384 e. The summed E-state index contributed by atoms with van der Waals surface area (Å²) in [5.41, 5.74) is 1.23. The summed E-state index contributed by atoms with van der Waals surface area (Å²) in [6.07, 6.45) is 1.82. The largest absolute Gasteiger partial charge is 0.384 e. The number of sulfonamides is 1. The van der Waals surface area contributed by atoms with Gasteiger partial charge in [0.05, 0.1) is 6.61 Å². The Morgan fingerprint density at radius 3 is 2.54 bits per heavy atom. The van der Waals surface area contributed by atoms with Gasteiger partial charge in [-0.15, -0.1) is 4.40 Å². The molecule has 0 aromatic heterocycles. The third-order valence-electron chi connectivity index (χ3n) is 4.94. The molecule has 2 aliphatic rings. The van der Waals surface area contributed by atoms with Crippen LogP contribution in [0.3, 0.4) is 0 Å². The van der Waals surface area contributed by atoms with Crippen LogP contribution in [-0.4, -0.2) is 57.9 Å². The number of carbonyl (C=O) groups is 1. The second-order valence-electron chi connectivity index (χ2n) is 6.92. The Morgan fingerprint density at radius 2 is 1.93 bits per heavy atom. The number of hydrogen-bond donors (Lipinski definition) is 1. The van der Waals surface area contributed by atoms with E-state index in [0.29, 0.717) is 48.1 Å². The Bertz CT molecular complexity index is 902. The number of likely N-dealkylation sites (tertiary alicyclic amines) is 1. The van der Waals surface area contributed by atoms with Gasteiger partial charge in [0.25, 0.3) is 10.0 Å². The molecule has 1 aromatic rings. The maximum atomic E-state index is 12.6. The molecule has 0 spiro atoms. The van der Waals surface area contributed by atoms with E-state index in [4.69, 9.17) is 16.3 Å². The van der Waals surface area contributed by atoms with Crippen molar-refractivity contribution in [3.63, 3.8) is 0 Å². The van der Waals surface area contributed by atoms with E-state index in [9.17, 15) is 13.2 Å². The van der Waals surface area contributed by atoms with E-state index in [1.165, 1.54) is 0 Å². The lowest BCUT2D eigenvalue weighted by Crippen LogP contribution is -2.46. The van der Waals surface area contributed by atoms with Crippen LogP contribution in [0.2, 0.25) is 5.02 Å². The first-order valence-corrected chi connectivity index (χ1v) is 11.0. The summed E-state index contributed by atoms with van der Waals surface area (Å²) in [4.78, 5) is 14.1. The van der Waals surface area contributed by atoms with Gasteiger partial charge in [-0.05, 0) is 37.5 Å². The summed E-state index contributed by atoms with van der Waals surface area (Å²) in [5.74, 6) is 0.469. The average molecular weight is 426 g/mol. The molecule has 152 valence electrons. The van der Waals surface area contributed by atoms with Crippen LogP contribution in [0.15, 0.2) is 34.2 Å². The van der Waals surface area contributed by atoms with Gasteiger partial charge in [-0.25, -0.2) is 0 Å². The van der Waals surface area contributed by atoms with Gasteiger partial charge in [-0.1, -0.05) is 23.7 Å². The van der Waals surface area contributed by atoms with Crippen LogP contribution in [0, 0.1) is 0 Å². The molecule has 2 heterocycles. The summed E-state index contributed by atoms with van der Waals surface area (Å²) in [6, 6.07) is 6.81. The Labute approximate surface area is 170 Å². The van der Waals surface area contributed by atoms with Gasteiger partial charge >= 0.3 is 0 Å². The molecule has 0 unspecified atom stereocenters. The highest BCUT2D eigenvalue weighted by Crippen LogP contribution is 2.34. The number of amidine groups is 1. The second-order valence-corrected chi connectivity index (χ2v) is 8.90. The molecular weight excluding hydrogens is 402 g/mol. The van der Waals surface area contributed by atoms with Crippen LogP contribution >= 0.6 is 11.6 Å². The van der Waals surface area contributed by atoms with E-state index >= 15 is 0 Å². The molecule has 0 radical (unpaired) electrons. The normalized spacial score (nSPS) is 19.7. The first-order chi connectivity index (χ1) is 13.3. The van der Waals surface area contributed by atoms with Crippen LogP contribution in [0.4, 0.5) is 0 Å². The highest BCUT2D eigenvalue weighted by atomic mass is 35.5. The molecule has 2 aliphatic heterocycles. The van der Waals surface area contributed by atoms with Gasteiger partial charge < -0.3 is 15.0 Å². The zero-order valence-corrected chi connectivity index (χ0v) is 17.5. The van der Waals surface area contributed by atoms with Crippen molar-refractivity contribution >= 4 is 38.3 Å². The quantitative estimate of drug-likeness (QED) is 0.782. The minimum absolute atomic E-state index is 0.0258. The number of nitrogens with zero attached hydrogens (tertiary/aromatic N) is 2. The molecule has 7 nitrogen and oxygen atoms in total. The SMILES string of the molecule is COCCC(=O)NC1CCN(C2=NS(=O)(=O)C(c3ccc(Cl)cc3)=C2C)CC1. The lowest BCUT2D eigenvalue weighted by Gasteiger charge is -2.33. The number of hydrogen-bond acceptors (Lipinski definition) is 5. The number of methoxy groups -OCH3 is 1. The Balaban J connectivity index is 1.70. The molecule has 0 aliphatic carbocycles. The van der Waals surface area contributed by atoms with E-state index in [0.717, 1.165) is 12.8 Å². The molecule has 3 rings (SSSR count). The predicted octanol–water partition coefficient (Wildman–Crippen LogP) is 2.43. The molecule has 1 aromatic carbocycles. The van der Waals surface area contributed by atoms with E-state index in [2.05, 4.69) is 9.71 Å². The van der Waals surface area contributed by atoms with Gasteiger partial charge in [0, 0.05) is 43.3 Å². The van der Waals surface area contributed by atoms with Crippen molar-refractivity contribution < 1.29 is 17.9 Å². The average Bonchev–Trinajstić information content (AvgIpc) is 2.90. The van der Waals surface area contributed by atoms with Gasteiger partial charge in [0.15, 0.2) is 0 Å². The topological polar surface area (TPSA) is 88.1 Å². The minimum atomic E-state index is -3.74. The number of amides is 1. The Kier molecular flexibility index (Phi) is 6.42. The standard InChI is InChI=1S/C19H24ClN3O4S/c1-13-18(14-3-5-15(20)6-4-14)28(25,26)22-19(13)23-10-7-16(8-11-23)21-17(24)9-12-27-2/h3-6,16H,7-12H2,1-2H3,(H,21,24). The van der Waals surface area contributed by atoms with Gasteiger partial charge in [0.2, 0.25) is 5.91 Å². The van der Waals surface area contributed by atoms with Crippen molar-refractivity contribution in [2.45, 2.75) is 32.2 Å². The van der Waals surface area contributed by atoms with Crippen molar-refractivity contribution in [2.24, 2.45) is 4.40 Å². The van der Waals surface area contributed by atoms with Crippen LogP contribution in [0.1, 0.15) is 31.7 Å². The lowest BCUT2D eigenvalue weighted by molar-refractivity contribution is -0.122. The lowest BCUT2D eigenvalue weighted by atomic mass is 10.0. The van der Waals surface area contributed by atoms with E-state index in [-0.39, 0.29) is 16.9 Å². The number of piperidine rings is 1. The predicted molar refractivity (Wildman–Crippen MR) is 110 cm³/mol. The fourth-order valence-corrected chi connectivity index (χ4v) is 5.12. The summed E-state index contributed by atoms with van der Waals surface area (Å²) in [7, 11) is -2.18. The molecule has 0 atom stereocenters. The molecule has 1 N–H and O–H groups in total. The highest BCUT2D eigenvalue weighted by Gasteiger charge is 2.34. The van der Waals surface area contributed by atoms with Crippen LogP contribution in [0.5, 0.6) is 0 Å². The fourth-order valence-electron chi connectivity index (χ4n) is 3.51.